The van der Waals surface area contributed by atoms with Crippen molar-refractivity contribution in [3.8, 4) is 0 Å². The van der Waals surface area contributed by atoms with Gasteiger partial charge in [-0.15, -0.1) is 0 Å². The third kappa shape index (κ3) is 2.63. The maximum atomic E-state index is 12.0. The standard InChI is InChI=1S/C13H18ClNO/c1-3-12(16)13(2,8-9-15)10-4-6-11(14)7-5-10/h4-7H,3,8-9,15H2,1-2H3. The molecule has 88 valence electrons. The highest BCUT2D eigenvalue weighted by molar-refractivity contribution is 6.30. The van der Waals surface area contributed by atoms with Crippen LogP contribution in [0.15, 0.2) is 24.3 Å². The van der Waals surface area contributed by atoms with Gasteiger partial charge in [-0.3, -0.25) is 4.79 Å². The van der Waals surface area contributed by atoms with Crippen LogP contribution in [0, 0.1) is 0 Å². The van der Waals surface area contributed by atoms with E-state index in [4.69, 9.17) is 17.3 Å². The van der Waals surface area contributed by atoms with Gasteiger partial charge in [0.05, 0.1) is 5.41 Å². The molecule has 0 amide bonds. The van der Waals surface area contributed by atoms with Crippen LogP contribution in [-0.4, -0.2) is 12.3 Å². The number of nitrogens with two attached hydrogens (primary N) is 1. The lowest BCUT2D eigenvalue weighted by Gasteiger charge is -2.28. The molecule has 0 spiro atoms. The molecule has 0 aliphatic heterocycles. The van der Waals surface area contributed by atoms with Gasteiger partial charge in [0.15, 0.2) is 0 Å². The zero-order valence-corrected chi connectivity index (χ0v) is 10.6. The van der Waals surface area contributed by atoms with E-state index >= 15 is 0 Å². The van der Waals surface area contributed by atoms with Crippen LogP contribution >= 0.6 is 11.6 Å². The SMILES string of the molecule is CCC(=O)C(C)(CCN)c1ccc(Cl)cc1. The van der Waals surface area contributed by atoms with E-state index in [9.17, 15) is 4.79 Å². The fourth-order valence-corrected chi connectivity index (χ4v) is 2.07. The lowest BCUT2D eigenvalue weighted by Crippen LogP contribution is -2.34. The highest BCUT2D eigenvalue weighted by Gasteiger charge is 2.32. The van der Waals surface area contributed by atoms with E-state index in [-0.39, 0.29) is 5.78 Å². The molecule has 0 saturated heterocycles. The molecule has 2 nitrogen and oxygen atoms in total. The summed E-state index contributed by atoms with van der Waals surface area (Å²) < 4.78 is 0. The summed E-state index contributed by atoms with van der Waals surface area (Å²) in [4.78, 5) is 12.0. The van der Waals surface area contributed by atoms with Crippen LogP contribution in [0.4, 0.5) is 0 Å². The van der Waals surface area contributed by atoms with Gasteiger partial charge in [0.1, 0.15) is 5.78 Å². The Bertz CT molecular complexity index is 361. The van der Waals surface area contributed by atoms with Crippen molar-refractivity contribution in [2.75, 3.05) is 6.54 Å². The molecule has 1 atom stereocenters. The van der Waals surface area contributed by atoms with Gasteiger partial charge in [-0.1, -0.05) is 30.7 Å². The molecule has 0 fully saturated rings. The van der Waals surface area contributed by atoms with Crippen molar-refractivity contribution in [1.29, 1.82) is 0 Å². The van der Waals surface area contributed by atoms with E-state index in [0.29, 0.717) is 24.4 Å². The van der Waals surface area contributed by atoms with E-state index in [1.807, 2.05) is 38.1 Å². The molecule has 0 aliphatic carbocycles. The van der Waals surface area contributed by atoms with Crippen LogP contribution in [-0.2, 0) is 10.2 Å². The van der Waals surface area contributed by atoms with Crippen molar-refractivity contribution in [3.63, 3.8) is 0 Å². The second-order valence-corrected chi connectivity index (χ2v) is 4.59. The second-order valence-electron chi connectivity index (χ2n) is 4.15. The number of halogens is 1. The quantitative estimate of drug-likeness (QED) is 0.859. The van der Waals surface area contributed by atoms with Gasteiger partial charge < -0.3 is 5.73 Å². The number of hydrogen-bond donors (Lipinski definition) is 1. The monoisotopic (exact) mass is 239 g/mol. The average molecular weight is 240 g/mol. The molecule has 0 bridgehead atoms. The topological polar surface area (TPSA) is 43.1 Å². The predicted molar refractivity (Wildman–Crippen MR) is 67.8 cm³/mol. The van der Waals surface area contributed by atoms with E-state index in [0.717, 1.165) is 5.56 Å². The van der Waals surface area contributed by atoms with Crippen LogP contribution in [0.3, 0.4) is 0 Å². The first-order valence-corrected chi connectivity index (χ1v) is 5.91. The van der Waals surface area contributed by atoms with Crippen LogP contribution in [0.25, 0.3) is 0 Å². The van der Waals surface area contributed by atoms with Crippen LogP contribution in [0.2, 0.25) is 5.02 Å². The van der Waals surface area contributed by atoms with Gasteiger partial charge >= 0.3 is 0 Å². The number of rotatable bonds is 5. The van der Waals surface area contributed by atoms with E-state index in [2.05, 4.69) is 0 Å². The molecule has 0 saturated carbocycles. The van der Waals surface area contributed by atoms with Gasteiger partial charge in [-0.2, -0.15) is 0 Å². The number of Topliss-reactive ketones (excluding diaryl/α,β-unsaturated/α-hetero) is 1. The summed E-state index contributed by atoms with van der Waals surface area (Å²) in [6.45, 7) is 4.34. The first kappa shape index (κ1) is 13.2. The van der Waals surface area contributed by atoms with Gasteiger partial charge in [-0.25, -0.2) is 0 Å². The van der Waals surface area contributed by atoms with E-state index in [1.54, 1.807) is 0 Å². The van der Waals surface area contributed by atoms with Gasteiger partial charge in [0.25, 0.3) is 0 Å². The minimum Gasteiger partial charge on any atom is -0.330 e. The first-order valence-electron chi connectivity index (χ1n) is 5.54. The van der Waals surface area contributed by atoms with Crippen LogP contribution < -0.4 is 5.73 Å². The highest BCUT2D eigenvalue weighted by atomic mass is 35.5. The van der Waals surface area contributed by atoms with Gasteiger partial charge in [0.2, 0.25) is 0 Å². The number of carbonyl (C=O) groups is 1. The molecule has 0 aliphatic rings. The molecular formula is C13H18ClNO. The predicted octanol–water partition coefficient (Wildman–Crippen LogP) is 2.93. The molecule has 0 heterocycles. The second kappa shape index (κ2) is 5.46. The molecule has 1 aromatic carbocycles. The van der Waals surface area contributed by atoms with Crippen molar-refractivity contribution in [2.24, 2.45) is 5.73 Å². The zero-order chi connectivity index (χ0) is 12.2. The third-order valence-corrected chi connectivity index (χ3v) is 3.31. The molecular weight excluding hydrogens is 222 g/mol. The molecule has 3 heteroatoms. The highest BCUT2D eigenvalue weighted by Crippen LogP contribution is 2.30. The fraction of sp³-hybridized carbons (Fsp3) is 0.462. The minimum absolute atomic E-state index is 0.222. The maximum absolute atomic E-state index is 12.0. The number of benzene rings is 1. The van der Waals surface area contributed by atoms with Gasteiger partial charge in [-0.05, 0) is 37.6 Å². The molecule has 0 aromatic heterocycles. The van der Waals surface area contributed by atoms with Crippen molar-refractivity contribution < 1.29 is 4.79 Å². The molecule has 1 unspecified atom stereocenters. The first-order chi connectivity index (χ1) is 7.54. The molecule has 2 N–H and O–H groups in total. The Hall–Kier alpha value is -0.860. The molecule has 0 radical (unpaired) electrons. The summed E-state index contributed by atoms with van der Waals surface area (Å²) in [7, 11) is 0. The van der Waals surface area contributed by atoms with E-state index < -0.39 is 5.41 Å². The Kier molecular flexibility index (Phi) is 4.51. The Morgan fingerprint density at radius 3 is 2.38 bits per heavy atom. The van der Waals surface area contributed by atoms with Crippen molar-refractivity contribution in [2.45, 2.75) is 32.1 Å². The van der Waals surface area contributed by atoms with Gasteiger partial charge in [0, 0.05) is 11.4 Å². The Balaban J connectivity index is 3.10. The maximum Gasteiger partial charge on any atom is 0.142 e. The fourth-order valence-electron chi connectivity index (χ4n) is 1.94. The summed E-state index contributed by atoms with van der Waals surface area (Å²) in [5, 5.41) is 0.683. The lowest BCUT2D eigenvalue weighted by atomic mass is 9.75. The Morgan fingerprint density at radius 2 is 1.94 bits per heavy atom. The number of carbonyl (C=O) groups excluding carboxylic acids is 1. The summed E-state index contributed by atoms with van der Waals surface area (Å²) in [6, 6.07) is 7.44. The number of hydrogen-bond acceptors (Lipinski definition) is 2. The van der Waals surface area contributed by atoms with Crippen LogP contribution in [0.5, 0.6) is 0 Å². The third-order valence-electron chi connectivity index (χ3n) is 3.06. The smallest absolute Gasteiger partial charge is 0.142 e. The minimum atomic E-state index is -0.478. The Morgan fingerprint density at radius 1 is 1.38 bits per heavy atom. The Labute approximate surface area is 102 Å². The van der Waals surface area contributed by atoms with Crippen molar-refractivity contribution in [3.05, 3.63) is 34.9 Å². The number of ketones is 1. The molecule has 16 heavy (non-hydrogen) atoms. The summed E-state index contributed by atoms with van der Waals surface area (Å²) in [5.74, 6) is 0.222. The van der Waals surface area contributed by atoms with Crippen molar-refractivity contribution >= 4 is 17.4 Å². The summed E-state index contributed by atoms with van der Waals surface area (Å²) in [5.41, 5.74) is 6.11. The normalized spacial score (nSPS) is 14.5. The lowest BCUT2D eigenvalue weighted by molar-refractivity contribution is -0.123. The largest absolute Gasteiger partial charge is 0.330 e. The van der Waals surface area contributed by atoms with Crippen LogP contribution in [0.1, 0.15) is 32.3 Å². The zero-order valence-electron chi connectivity index (χ0n) is 9.79. The molecule has 1 rings (SSSR count). The van der Waals surface area contributed by atoms with Crippen molar-refractivity contribution in [1.82, 2.24) is 0 Å². The summed E-state index contributed by atoms with van der Waals surface area (Å²) in [6.07, 6.45) is 1.19. The van der Waals surface area contributed by atoms with E-state index in [1.165, 1.54) is 0 Å². The molecule has 1 aromatic rings. The average Bonchev–Trinajstić information content (AvgIpc) is 2.29. The summed E-state index contributed by atoms with van der Waals surface area (Å²) >= 11 is 5.84.